The van der Waals surface area contributed by atoms with Crippen LogP contribution in [-0.4, -0.2) is 19.1 Å². The summed E-state index contributed by atoms with van der Waals surface area (Å²) in [5.74, 6) is 1.60. The zero-order chi connectivity index (χ0) is 15.5. The molecule has 0 saturated carbocycles. The Hall–Kier alpha value is -1.38. The molecule has 0 atom stereocenters. The first-order valence-corrected chi connectivity index (χ1v) is 7.47. The van der Waals surface area contributed by atoms with Gasteiger partial charge in [0, 0.05) is 5.41 Å². The average molecular weight is 325 g/mol. The minimum Gasteiger partial charge on any atom is -0.497 e. The summed E-state index contributed by atoms with van der Waals surface area (Å²) in [6.45, 7) is 2.03. The van der Waals surface area contributed by atoms with Gasteiger partial charge in [-0.05, 0) is 42.3 Å². The van der Waals surface area contributed by atoms with Crippen molar-refractivity contribution < 1.29 is 9.47 Å². The Morgan fingerprint density at radius 3 is 1.33 bits per heavy atom. The summed E-state index contributed by atoms with van der Waals surface area (Å²) in [5.41, 5.74) is 1.55. The molecule has 0 bridgehead atoms. The van der Waals surface area contributed by atoms with Gasteiger partial charge in [-0.1, -0.05) is 24.3 Å². The summed E-state index contributed by atoms with van der Waals surface area (Å²) in [6, 6.07) is 15.6. The van der Waals surface area contributed by atoms with Crippen LogP contribution >= 0.6 is 23.2 Å². The number of hydrogen-bond acceptors (Lipinski definition) is 2. The van der Waals surface area contributed by atoms with Gasteiger partial charge < -0.3 is 9.47 Å². The molecule has 2 rings (SSSR count). The van der Waals surface area contributed by atoms with E-state index in [4.69, 9.17) is 32.7 Å². The zero-order valence-corrected chi connectivity index (χ0v) is 13.8. The molecule has 4 heteroatoms. The summed E-state index contributed by atoms with van der Waals surface area (Å²) in [6.07, 6.45) is 0. The lowest BCUT2D eigenvalue weighted by atomic mass is 9.77. The number of benzene rings is 2. The summed E-state index contributed by atoms with van der Waals surface area (Å²) in [7, 11) is 3.28. The molecule has 0 amide bonds. The molecule has 0 unspecified atom stereocenters. The van der Waals surface area contributed by atoms with Crippen LogP contribution in [0.2, 0.25) is 0 Å². The summed E-state index contributed by atoms with van der Waals surface area (Å²) in [4.78, 5) is -0.584. The molecule has 2 nitrogen and oxygen atoms in total. The first-order valence-electron chi connectivity index (χ1n) is 6.59. The number of ether oxygens (including phenoxy) is 2. The maximum Gasteiger partial charge on any atom is 0.121 e. The van der Waals surface area contributed by atoms with Crippen LogP contribution in [0.25, 0.3) is 0 Å². The molecule has 0 spiro atoms. The van der Waals surface area contributed by atoms with Gasteiger partial charge in [-0.15, -0.1) is 23.2 Å². The van der Waals surface area contributed by atoms with Crippen LogP contribution in [0.3, 0.4) is 0 Å². The maximum atomic E-state index is 6.30. The van der Waals surface area contributed by atoms with Crippen LogP contribution in [0, 0.1) is 0 Å². The highest BCUT2D eigenvalue weighted by molar-refractivity contribution is 6.45. The third-order valence-corrected chi connectivity index (χ3v) is 4.69. The number of hydrogen-bond donors (Lipinski definition) is 0. The van der Waals surface area contributed by atoms with Gasteiger partial charge >= 0.3 is 0 Å². The number of alkyl halides is 2. The molecule has 0 heterocycles. The Morgan fingerprint density at radius 1 is 0.762 bits per heavy atom. The quantitative estimate of drug-likeness (QED) is 0.734. The van der Waals surface area contributed by atoms with E-state index in [1.165, 1.54) is 0 Å². The van der Waals surface area contributed by atoms with Crippen LogP contribution < -0.4 is 9.47 Å². The molecular weight excluding hydrogens is 307 g/mol. The van der Waals surface area contributed by atoms with Crippen molar-refractivity contribution in [1.82, 2.24) is 0 Å². The maximum absolute atomic E-state index is 6.30. The van der Waals surface area contributed by atoms with E-state index in [1.54, 1.807) is 14.2 Å². The normalized spacial score (nSPS) is 11.5. The molecule has 0 fully saturated rings. The molecule has 0 saturated heterocycles. The van der Waals surface area contributed by atoms with Crippen molar-refractivity contribution in [2.45, 2.75) is 17.2 Å². The van der Waals surface area contributed by atoms with E-state index in [9.17, 15) is 0 Å². The summed E-state index contributed by atoms with van der Waals surface area (Å²) < 4.78 is 10.4. The van der Waals surface area contributed by atoms with Crippen LogP contribution in [0.4, 0.5) is 0 Å². The largest absolute Gasteiger partial charge is 0.497 e. The van der Waals surface area contributed by atoms with Crippen LogP contribution in [0.5, 0.6) is 11.5 Å². The van der Waals surface area contributed by atoms with Crippen molar-refractivity contribution in [1.29, 1.82) is 0 Å². The van der Waals surface area contributed by atoms with Crippen molar-refractivity contribution in [3.8, 4) is 11.5 Å². The predicted molar refractivity (Wildman–Crippen MR) is 87.9 cm³/mol. The summed E-state index contributed by atoms with van der Waals surface area (Å²) in [5, 5.41) is 0. The van der Waals surface area contributed by atoms with E-state index in [1.807, 2.05) is 55.5 Å². The lowest BCUT2D eigenvalue weighted by molar-refractivity contribution is 0.414. The molecule has 2 aromatic carbocycles. The Morgan fingerprint density at radius 2 is 1.10 bits per heavy atom. The minimum atomic E-state index is -0.584. The molecule has 0 aliphatic carbocycles. The fraction of sp³-hybridized carbons (Fsp3) is 0.294. The standard InChI is InChI=1S/C17H18Cl2O2/c1-17(16(18)19,12-4-8-14(20-2)9-5-12)13-6-10-15(21-3)11-7-13/h4-11,16H,1-3H3. The summed E-state index contributed by atoms with van der Waals surface area (Å²) >= 11 is 12.6. The van der Waals surface area contributed by atoms with Gasteiger partial charge in [-0.2, -0.15) is 0 Å². The second kappa shape index (κ2) is 6.59. The van der Waals surface area contributed by atoms with Gasteiger partial charge in [0.25, 0.3) is 0 Å². The molecule has 0 N–H and O–H groups in total. The zero-order valence-electron chi connectivity index (χ0n) is 12.3. The van der Waals surface area contributed by atoms with E-state index in [-0.39, 0.29) is 0 Å². The van der Waals surface area contributed by atoms with E-state index in [0.717, 1.165) is 22.6 Å². The minimum absolute atomic E-state index is 0.512. The highest BCUT2D eigenvalue weighted by atomic mass is 35.5. The van der Waals surface area contributed by atoms with Crippen LogP contribution in [0.15, 0.2) is 48.5 Å². The van der Waals surface area contributed by atoms with Crippen LogP contribution in [-0.2, 0) is 5.41 Å². The Labute approximate surface area is 135 Å². The van der Waals surface area contributed by atoms with Crippen molar-refractivity contribution in [2.75, 3.05) is 14.2 Å². The number of halogens is 2. The third kappa shape index (κ3) is 3.12. The van der Waals surface area contributed by atoms with Gasteiger partial charge in [-0.25, -0.2) is 0 Å². The van der Waals surface area contributed by atoms with Gasteiger partial charge in [0.15, 0.2) is 0 Å². The molecule has 21 heavy (non-hydrogen) atoms. The van der Waals surface area contributed by atoms with E-state index in [0.29, 0.717) is 0 Å². The predicted octanol–water partition coefficient (Wildman–Crippen LogP) is 4.81. The highest BCUT2D eigenvalue weighted by Gasteiger charge is 2.35. The Balaban J connectivity index is 2.47. The number of rotatable bonds is 5. The average Bonchev–Trinajstić information content (AvgIpc) is 2.54. The van der Waals surface area contributed by atoms with Gasteiger partial charge in [-0.3, -0.25) is 0 Å². The lowest BCUT2D eigenvalue weighted by Crippen LogP contribution is -2.31. The van der Waals surface area contributed by atoms with Gasteiger partial charge in [0.1, 0.15) is 16.3 Å². The van der Waals surface area contributed by atoms with E-state index >= 15 is 0 Å². The monoisotopic (exact) mass is 324 g/mol. The van der Waals surface area contributed by atoms with Gasteiger partial charge in [0.2, 0.25) is 0 Å². The van der Waals surface area contributed by atoms with Crippen molar-refractivity contribution in [3.05, 3.63) is 59.7 Å². The molecule has 0 radical (unpaired) electrons. The molecule has 112 valence electrons. The fourth-order valence-electron chi connectivity index (χ4n) is 2.29. The molecule has 0 aliphatic rings. The Kier molecular flexibility index (Phi) is 5.02. The number of methoxy groups -OCH3 is 2. The smallest absolute Gasteiger partial charge is 0.121 e. The first-order chi connectivity index (χ1) is 10.0. The molecule has 0 aromatic heterocycles. The fourth-order valence-corrected chi connectivity index (χ4v) is 2.80. The van der Waals surface area contributed by atoms with Crippen molar-refractivity contribution in [2.24, 2.45) is 0 Å². The second-order valence-corrected chi connectivity index (χ2v) is 6.06. The molecule has 2 aromatic rings. The van der Waals surface area contributed by atoms with Crippen molar-refractivity contribution in [3.63, 3.8) is 0 Å². The topological polar surface area (TPSA) is 18.5 Å². The van der Waals surface area contributed by atoms with Crippen LogP contribution in [0.1, 0.15) is 18.1 Å². The van der Waals surface area contributed by atoms with Gasteiger partial charge in [0.05, 0.1) is 14.2 Å². The molecule has 0 aliphatic heterocycles. The Bertz CT molecular complexity index is 529. The van der Waals surface area contributed by atoms with Crippen molar-refractivity contribution >= 4 is 23.2 Å². The van der Waals surface area contributed by atoms with E-state index < -0.39 is 10.3 Å². The second-order valence-electron chi connectivity index (χ2n) is 4.96. The SMILES string of the molecule is COc1ccc(C(C)(c2ccc(OC)cc2)C(Cl)Cl)cc1. The first kappa shape index (κ1) is 16.0. The third-order valence-electron chi connectivity index (χ3n) is 3.82. The highest BCUT2D eigenvalue weighted by Crippen LogP contribution is 2.40. The lowest BCUT2D eigenvalue weighted by Gasteiger charge is -2.32. The van der Waals surface area contributed by atoms with E-state index in [2.05, 4.69) is 0 Å². The molecular formula is C17H18Cl2O2.